The molecule has 3 aliphatic rings. The van der Waals surface area contributed by atoms with Crippen molar-refractivity contribution >= 4 is 27.0 Å². The molecule has 178 valence electrons. The Morgan fingerprint density at radius 3 is 2.59 bits per heavy atom. The van der Waals surface area contributed by atoms with E-state index in [0.29, 0.717) is 36.2 Å². The molecular weight excluding hydrogens is 442 g/mol. The molecule has 0 radical (unpaired) electrons. The molecule has 2 aliphatic heterocycles. The van der Waals surface area contributed by atoms with Crippen LogP contribution in [0.5, 0.6) is 0 Å². The molecule has 2 saturated heterocycles. The minimum atomic E-state index is -3.30. The van der Waals surface area contributed by atoms with Crippen molar-refractivity contribution in [3.63, 3.8) is 0 Å². The molecule has 4 rings (SSSR count). The molecule has 0 spiro atoms. The van der Waals surface area contributed by atoms with Gasteiger partial charge in [-0.15, -0.1) is 0 Å². The third-order valence-corrected chi connectivity index (χ3v) is 9.92. The van der Waals surface area contributed by atoms with E-state index in [0.717, 1.165) is 62.4 Å². The van der Waals surface area contributed by atoms with Crippen molar-refractivity contribution in [1.82, 2.24) is 16.0 Å². The molecule has 3 N–H and O–H groups in total. The van der Waals surface area contributed by atoms with Crippen LogP contribution in [0.1, 0.15) is 57.4 Å². The van der Waals surface area contributed by atoms with Crippen molar-refractivity contribution in [2.45, 2.75) is 86.7 Å². The zero-order valence-corrected chi connectivity index (χ0v) is 20.6. The van der Waals surface area contributed by atoms with Gasteiger partial charge in [-0.2, -0.15) is 0 Å². The quantitative estimate of drug-likeness (QED) is 0.495. The van der Waals surface area contributed by atoms with E-state index in [4.69, 9.17) is 17.0 Å². The molecule has 2 heterocycles. The SMILES string of the molecule is CCCOC1CCC(S(=O)(=O)c2ccc(CNC(=S)C3CC4CNCCC4N3)cc2)CC1. The number of thiocarbonyl (C=S) groups is 1. The molecule has 0 amide bonds. The molecular formula is C24H37N3O3S2. The summed E-state index contributed by atoms with van der Waals surface area (Å²) in [5.74, 6) is 0.659. The minimum Gasteiger partial charge on any atom is -0.378 e. The summed E-state index contributed by atoms with van der Waals surface area (Å²) < 4.78 is 32.0. The highest BCUT2D eigenvalue weighted by atomic mass is 32.2. The molecule has 1 aromatic rings. The van der Waals surface area contributed by atoms with Gasteiger partial charge in [0.2, 0.25) is 0 Å². The van der Waals surface area contributed by atoms with Crippen LogP contribution in [-0.2, 0) is 21.1 Å². The Hall–Kier alpha value is -1.06. The van der Waals surface area contributed by atoms with Gasteiger partial charge in [-0.05, 0) is 81.6 Å². The van der Waals surface area contributed by atoms with Gasteiger partial charge in [-0.1, -0.05) is 31.3 Å². The number of piperidine rings is 1. The van der Waals surface area contributed by atoms with E-state index in [1.165, 1.54) is 0 Å². The van der Waals surface area contributed by atoms with E-state index in [9.17, 15) is 8.42 Å². The topological polar surface area (TPSA) is 79.5 Å². The molecule has 0 bridgehead atoms. The molecule has 1 aromatic carbocycles. The Balaban J connectivity index is 1.27. The summed E-state index contributed by atoms with van der Waals surface area (Å²) in [5, 5.41) is 10.2. The lowest BCUT2D eigenvalue weighted by molar-refractivity contribution is 0.0295. The van der Waals surface area contributed by atoms with Gasteiger partial charge in [0.05, 0.1) is 27.3 Å². The molecule has 1 saturated carbocycles. The van der Waals surface area contributed by atoms with Gasteiger partial charge in [0.15, 0.2) is 9.84 Å². The van der Waals surface area contributed by atoms with Gasteiger partial charge in [0, 0.05) is 19.2 Å². The zero-order chi connectivity index (χ0) is 22.6. The Morgan fingerprint density at radius 2 is 1.91 bits per heavy atom. The summed E-state index contributed by atoms with van der Waals surface area (Å²) >= 11 is 5.64. The lowest BCUT2D eigenvalue weighted by atomic mass is 9.94. The normalized spacial score (nSPS) is 30.6. The summed E-state index contributed by atoms with van der Waals surface area (Å²) in [5.41, 5.74) is 1.04. The number of benzene rings is 1. The summed E-state index contributed by atoms with van der Waals surface area (Å²) in [6, 6.07) is 8.12. The number of rotatable bonds is 8. The van der Waals surface area contributed by atoms with E-state index >= 15 is 0 Å². The van der Waals surface area contributed by atoms with Crippen molar-refractivity contribution in [3.05, 3.63) is 29.8 Å². The van der Waals surface area contributed by atoms with Crippen molar-refractivity contribution in [2.24, 2.45) is 5.92 Å². The van der Waals surface area contributed by atoms with Crippen molar-refractivity contribution in [3.8, 4) is 0 Å². The van der Waals surface area contributed by atoms with Crippen molar-refractivity contribution in [1.29, 1.82) is 0 Å². The Labute approximate surface area is 198 Å². The summed E-state index contributed by atoms with van der Waals surface area (Å²) in [6.45, 7) is 5.61. The smallest absolute Gasteiger partial charge is 0.181 e. The van der Waals surface area contributed by atoms with Crippen molar-refractivity contribution < 1.29 is 13.2 Å². The Kier molecular flexibility index (Phi) is 8.21. The van der Waals surface area contributed by atoms with Gasteiger partial charge < -0.3 is 20.7 Å². The number of ether oxygens (including phenoxy) is 1. The van der Waals surface area contributed by atoms with Gasteiger partial charge >= 0.3 is 0 Å². The third kappa shape index (κ3) is 5.70. The first-order valence-corrected chi connectivity index (χ1v) is 14.1. The maximum Gasteiger partial charge on any atom is 0.181 e. The fourth-order valence-corrected chi connectivity index (χ4v) is 7.33. The van der Waals surface area contributed by atoms with E-state index < -0.39 is 9.84 Å². The first-order chi connectivity index (χ1) is 15.5. The van der Waals surface area contributed by atoms with E-state index in [-0.39, 0.29) is 17.4 Å². The molecule has 1 aliphatic carbocycles. The molecule has 3 atom stereocenters. The first kappa shape index (κ1) is 24.1. The fourth-order valence-electron chi connectivity index (χ4n) is 5.30. The maximum atomic E-state index is 13.1. The summed E-state index contributed by atoms with van der Waals surface area (Å²) in [4.78, 5) is 1.29. The second-order valence-electron chi connectivity index (χ2n) is 9.49. The monoisotopic (exact) mass is 479 g/mol. The van der Waals surface area contributed by atoms with Gasteiger partial charge in [0.1, 0.15) is 0 Å². The molecule has 0 aromatic heterocycles. The molecule has 8 heteroatoms. The van der Waals surface area contributed by atoms with Crippen LogP contribution in [0.25, 0.3) is 0 Å². The predicted octanol–water partition coefficient (Wildman–Crippen LogP) is 2.96. The van der Waals surface area contributed by atoms with Gasteiger partial charge in [-0.3, -0.25) is 0 Å². The highest BCUT2D eigenvalue weighted by molar-refractivity contribution is 7.92. The minimum absolute atomic E-state index is 0.216. The second-order valence-corrected chi connectivity index (χ2v) is 12.2. The summed E-state index contributed by atoms with van der Waals surface area (Å²) in [6.07, 6.45) is 6.47. The van der Waals surface area contributed by atoms with Crippen LogP contribution in [0, 0.1) is 5.92 Å². The lowest BCUT2D eigenvalue weighted by Gasteiger charge is -2.28. The highest BCUT2D eigenvalue weighted by Gasteiger charge is 2.36. The van der Waals surface area contributed by atoms with E-state index in [2.05, 4.69) is 22.9 Å². The van der Waals surface area contributed by atoms with Crippen LogP contribution in [0.2, 0.25) is 0 Å². The van der Waals surface area contributed by atoms with Crippen LogP contribution in [0.3, 0.4) is 0 Å². The Morgan fingerprint density at radius 1 is 1.16 bits per heavy atom. The van der Waals surface area contributed by atoms with E-state index in [1.807, 2.05) is 12.1 Å². The fraction of sp³-hybridized carbons (Fsp3) is 0.708. The standard InChI is InChI=1S/C24H37N3O3S2/c1-2-13-30-19-5-9-21(10-6-19)32(28,29)20-7-3-17(4-8-20)15-26-24(31)23-14-18-16-25-12-11-22(18)27-23/h3-4,7-8,18-19,21-23,25,27H,2,5-6,9-16H2,1H3,(H,26,31). The van der Waals surface area contributed by atoms with Crippen LogP contribution < -0.4 is 16.0 Å². The van der Waals surface area contributed by atoms with Crippen molar-refractivity contribution in [2.75, 3.05) is 19.7 Å². The van der Waals surface area contributed by atoms with Gasteiger partial charge in [-0.25, -0.2) is 8.42 Å². The predicted molar refractivity (Wildman–Crippen MR) is 132 cm³/mol. The zero-order valence-electron chi connectivity index (χ0n) is 19.0. The first-order valence-electron chi connectivity index (χ1n) is 12.2. The number of sulfone groups is 1. The van der Waals surface area contributed by atoms with E-state index in [1.54, 1.807) is 12.1 Å². The number of nitrogens with one attached hydrogen (secondary N) is 3. The average molecular weight is 480 g/mol. The van der Waals surface area contributed by atoms with Crippen LogP contribution >= 0.6 is 12.2 Å². The van der Waals surface area contributed by atoms with Crippen LogP contribution in [-0.4, -0.2) is 56.5 Å². The van der Waals surface area contributed by atoms with Gasteiger partial charge in [0.25, 0.3) is 0 Å². The second kappa shape index (κ2) is 10.9. The maximum absolute atomic E-state index is 13.1. The molecule has 32 heavy (non-hydrogen) atoms. The number of hydrogen-bond donors (Lipinski definition) is 3. The largest absolute Gasteiger partial charge is 0.378 e. The molecule has 3 fully saturated rings. The molecule has 3 unspecified atom stereocenters. The Bertz CT molecular complexity index is 853. The summed E-state index contributed by atoms with van der Waals surface area (Å²) in [7, 11) is -3.30. The van der Waals surface area contributed by atoms with Crippen LogP contribution in [0.4, 0.5) is 0 Å². The highest BCUT2D eigenvalue weighted by Crippen LogP contribution is 2.30. The third-order valence-electron chi connectivity index (χ3n) is 7.21. The average Bonchev–Trinajstić information content (AvgIpc) is 3.26. The molecule has 6 nitrogen and oxygen atoms in total. The number of fused-ring (bicyclic) bond motifs is 1. The van der Waals surface area contributed by atoms with Crippen LogP contribution in [0.15, 0.2) is 29.2 Å². The lowest BCUT2D eigenvalue weighted by Crippen LogP contribution is -2.44. The number of hydrogen-bond acceptors (Lipinski definition) is 6.